The molecule has 1 rings (SSSR count). The number of carbonyl (C=O) groups is 1. The molecule has 0 aliphatic heterocycles. The predicted octanol–water partition coefficient (Wildman–Crippen LogP) is 2.64. The predicted molar refractivity (Wildman–Crippen MR) is 90.8 cm³/mol. The molecule has 5 heteroatoms. The van der Waals surface area contributed by atoms with Crippen molar-refractivity contribution in [2.24, 2.45) is 0 Å². The van der Waals surface area contributed by atoms with Gasteiger partial charge >= 0.3 is 0 Å². The highest BCUT2D eigenvalue weighted by molar-refractivity contribution is 5.92. The molecule has 0 heterocycles. The largest absolute Gasteiger partial charge is 0.493 e. The van der Waals surface area contributed by atoms with Crippen LogP contribution in [-0.4, -0.2) is 32.8 Å². The quantitative estimate of drug-likeness (QED) is 0.620. The molecule has 0 saturated heterocycles. The molecule has 0 aromatic heterocycles. The molecule has 23 heavy (non-hydrogen) atoms. The van der Waals surface area contributed by atoms with E-state index < -0.39 is 5.54 Å². The van der Waals surface area contributed by atoms with Gasteiger partial charge in [0.15, 0.2) is 11.5 Å². The van der Waals surface area contributed by atoms with Crippen molar-refractivity contribution in [1.82, 2.24) is 5.32 Å². The standard InChI is InChI=1S/C18H23NO4/c1-7-18(3,8-2)19-16(20)10-9-13-11-14(21-4)17(23-6)15(12-13)22-5/h1,9-12H,8H2,2-6H3,(H,19,20)/b10-9+/t18-/m0/s1. The maximum Gasteiger partial charge on any atom is 0.245 e. The van der Waals surface area contributed by atoms with Crippen molar-refractivity contribution in [3.63, 3.8) is 0 Å². The molecule has 0 aliphatic rings. The van der Waals surface area contributed by atoms with Gasteiger partial charge in [0.2, 0.25) is 11.7 Å². The summed E-state index contributed by atoms with van der Waals surface area (Å²) in [6.45, 7) is 3.72. The highest BCUT2D eigenvalue weighted by atomic mass is 16.5. The molecule has 1 aromatic rings. The van der Waals surface area contributed by atoms with Gasteiger partial charge in [-0.2, -0.15) is 0 Å². The number of carbonyl (C=O) groups excluding carboxylic acids is 1. The summed E-state index contributed by atoms with van der Waals surface area (Å²) in [5, 5.41) is 2.79. The zero-order chi connectivity index (χ0) is 17.5. The first-order valence-electron chi connectivity index (χ1n) is 7.21. The number of hydrogen-bond donors (Lipinski definition) is 1. The minimum atomic E-state index is -0.656. The number of methoxy groups -OCH3 is 3. The minimum Gasteiger partial charge on any atom is -0.493 e. The first kappa shape index (κ1) is 18.4. The van der Waals surface area contributed by atoms with Gasteiger partial charge in [-0.25, -0.2) is 0 Å². The summed E-state index contributed by atoms with van der Waals surface area (Å²) in [6.07, 6.45) is 9.17. The van der Waals surface area contributed by atoms with E-state index in [9.17, 15) is 4.79 Å². The topological polar surface area (TPSA) is 56.8 Å². The van der Waals surface area contributed by atoms with E-state index in [0.717, 1.165) is 5.56 Å². The van der Waals surface area contributed by atoms with Gasteiger partial charge in [0.05, 0.1) is 26.9 Å². The molecule has 0 saturated carbocycles. The summed E-state index contributed by atoms with van der Waals surface area (Å²) in [5.74, 6) is 3.87. The summed E-state index contributed by atoms with van der Waals surface area (Å²) in [4.78, 5) is 12.0. The van der Waals surface area contributed by atoms with Crippen LogP contribution in [0, 0.1) is 12.3 Å². The monoisotopic (exact) mass is 317 g/mol. The van der Waals surface area contributed by atoms with Crippen LogP contribution in [0.1, 0.15) is 25.8 Å². The number of rotatable bonds is 7. The normalized spacial score (nSPS) is 13.0. The lowest BCUT2D eigenvalue weighted by Crippen LogP contribution is -2.43. The molecule has 1 aromatic carbocycles. The Kier molecular flexibility index (Phi) is 6.52. The van der Waals surface area contributed by atoms with Crippen LogP contribution in [0.4, 0.5) is 0 Å². The van der Waals surface area contributed by atoms with Crippen LogP contribution in [0.5, 0.6) is 17.2 Å². The van der Waals surface area contributed by atoms with Gasteiger partial charge in [0.1, 0.15) is 0 Å². The Morgan fingerprint density at radius 2 is 1.83 bits per heavy atom. The molecule has 1 amide bonds. The van der Waals surface area contributed by atoms with E-state index in [1.54, 1.807) is 25.1 Å². The van der Waals surface area contributed by atoms with E-state index in [-0.39, 0.29) is 5.91 Å². The fraction of sp³-hybridized carbons (Fsp3) is 0.389. The Balaban J connectivity index is 3.01. The van der Waals surface area contributed by atoms with Gasteiger partial charge in [-0.3, -0.25) is 4.79 Å². The Morgan fingerprint density at radius 3 is 2.22 bits per heavy atom. The van der Waals surface area contributed by atoms with E-state index in [1.807, 2.05) is 6.92 Å². The van der Waals surface area contributed by atoms with Gasteiger partial charge in [0, 0.05) is 6.08 Å². The van der Waals surface area contributed by atoms with Crippen molar-refractivity contribution in [3.05, 3.63) is 23.8 Å². The van der Waals surface area contributed by atoms with Gasteiger partial charge in [-0.1, -0.05) is 12.8 Å². The van der Waals surface area contributed by atoms with Gasteiger partial charge < -0.3 is 19.5 Å². The van der Waals surface area contributed by atoms with Gasteiger partial charge in [-0.05, 0) is 37.1 Å². The van der Waals surface area contributed by atoms with Crippen LogP contribution in [0.25, 0.3) is 6.08 Å². The molecule has 1 atom stereocenters. The Morgan fingerprint density at radius 1 is 1.26 bits per heavy atom. The summed E-state index contributed by atoms with van der Waals surface area (Å²) in [5.41, 5.74) is 0.0880. The zero-order valence-electron chi connectivity index (χ0n) is 14.2. The highest BCUT2D eigenvalue weighted by Crippen LogP contribution is 2.38. The van der Waals surface area contributed by atoms with Crippen LogP contribution >= 0.6 is 0 Å². The summed E-state index contributed by atoms with van der Waals surface area (Å²) in [7, 11) is 4.61. The van der Waals surface area contributed by atoms with Gasteiger partial charge in [-0.15, -0.1) is 6.42 Å². The lowest BCUT2D eigenvalue weighted by Gasteiger charge is -2.22. The average Bonchev–Trinajstić information content (AvgIpc) is 2.58. The number of ether oxygens (including phenoxy) is 3. The average molecular weight is 317 g/mol. The smallest absolute Gasteiger partial charge is 0.245 e. The molecular formula is C18H23NO4. The molecule has 0 radical (unpaired) electrons. The van der Waals surface area contributed by atoms with Crippen molar-refractivity contribution in [2.75, 3.05) is 21.3 Å². The van der Waals surface area contributed by atoms with Crippen molar-refractivity contribution >= 4 is 12.0 Å². The first-order valence-corrected chi connectivity index (χ1v) is 7.21. The molecule has 0 aliphatic carbocycles. The molecule has 124 valence electrons. The maximum atomic E-state index is 12.0. The zero-order valence-corrected chi connectivity index (χ0v) is 14.2. The highest BCUT2D eigenvalue weighted by Gasteiger charge is 2.19. The van der Waals surface area contributed by atoms with Gasteiger partial charge in [0.25, 0.3) is 0 Å². The summed E-state index contributed by atoms with van der Waals surface area (Å²) in [6, 6.07) is 3.51. The van der Waals surface area contributed by atoms with E-state index in [0.29, 0.717) is 23.7 Å². The Hall–Kier alpha value is -2.61. The fourth-order valence-corrected chi connectivity index (χ4v) is 1.91. The van der Waals surface area contributed by atoms with Crippen molar-refractivity contribution in [1.29, 1.82) is 0 Å². The van der Waals surface area contributed by atoms with E-state index in [1.165, 1.54) is 27.4 Å². The number of hydrogen-bond acceptors (Lipinski definition) is 4. The Bertz CT molecular complexity index is 605. The minimum absolute atomic E-state index is 0.263. The van der Waals surface area contributed by atoms with Crippen LogP contribution < -0.4 is 19.5 Å². The number of amides is 1. The second-order valence-corrected chi connectivity index (χ2v) is 5.11. The third-order valence-corrected chi connectivity index (χ3v) is 3.54. The van der Waals surface area contributed by atoms with E-state index >= 15 is 0 Å². The molecule has 0 bridgehead atoms. The molecule has 1 N–H and O–H groups in total. The van der Waals surface area contributed by atoms with Crippen molar-refractivity contribution < 1.29 is 19.0 Å². The SMILES string of the molecule is C#C[C@@](C)(CC)NC(=O)/C=C/c1cc(OC)c(OC)c(OC)c1. The van der Waals surface area contributed by atoms with Crippen molar-refractivity contribution in [2.45, 2.75) is 25.8 Å². The van der Waals surface area contributed by atoms with Crippen molar-refractivity contribution in [3.8, 4) is 29.6 Å². The molecular weight excluding hydrogens is 294 g/mol. The molecule has 5 nitrogen and oxygen atoms in total. The van der Waals surface area contributed by atoms with Crippen LogP contribution in [0.2, 0.25) is 0 Å². The fourth-order valence-electron chi connectivity index (χ4n) is 1.91. The van der Waals surface area contributed by atoms with Crippen LogP contribution in [0.3, 0.4) is 0 Å². The Labute approximate surface area is 137 Å². The lowest BCUT2D eigenvalue weighted by molar-refractivity contribution is -0.117. The third kappa shape index (κ3) is 4.68. The third-order valence-electron chi connectivity index (χ3n) is 3.54. The van der Waals surface area contributed by atoms with E-state index in [4.69, 9.17) is 20.6 Å². The lowest BCUT2D eigenvalue weighted by atomic mass is 10.0. The first-order chi connectivity index (χ1) is 10.9. The molecule has 0 fully saturated rings. The van der Waals surface area contributed by atoms with Crippen LogP contribution in [-0.2, 0) is 4.79 Å². The summed E-state index contributed by atoms with van der Waals surface area (Å²) < 4.78 is 15.8. The maximum absolute atomic E-state index is 12.0. The summed E-state index contributed by atoms with van der Waals surface area (Å²) >= 11 is 0. The number of nitrogens with one attached hydrogen (secondary N) is 1. The second kappa shape index (κ2) is 8.14. The molecule has 0 spiro atoms. The van der Waals surface area contributed by atoms with Crippen LogP contribution in [0.15, 0.2) is 18.2 Å². The number of terminal acetylenes is 1. The number of benzene rings is 1. The van der Waals surface area contributed by atoms with E-state index in [2.05, 4.69) is 11.2 Å². The second-order valence-electron chi connectivity index (χ2n) is 5.11. The molecule has 0 unspecified atom stereocenters.